The van der Waals surface area contributed by atoms with Crippen LogP contribution >= 0.6 is 24.0 Å². The van der Waals surface area contributed by atoms with Gasteiger partial charge in [0.15, 0.2) is 23.3 Å². The summed E-state index contributed by atoms with van der Waals surface area (Å²) in [5.74, 6) is 3.73. The molecule has 0 bridgehead atoms. The number of nitrogens with one attached hydrogen (secondary N) is 2. The van der Waals surface area contributed by atoms with Gasteiger partial charge in [-0.15, -0.1) is 40.8 Å². The molecule has 0 saturated carbocycles. The number of aliphatic imine (C=N–C) groups is 1. The van der Waals surface area contributed by atoms with Gasteiger partial charge in [0, 0.05) is 13.6 Å². The van der Waals surface area contributed by atoms with Crippen molar-refractivity contribution in [1.82, 2.24) is 25.4 Å². The van der Waals surface area contributed by atoms with Crippen LogP contribution in [0.1, 0.15) is 18.6 Å². The van der Waals surface area contributed by atoms with Crippen molar-refractivity contribution in [3.63, 3.8) is 0 Å². The van der Waals surface area contributed by atoms with E-state index in [1.165, 1.54) is 0 Å². The van der Waals surface area contributed by atoms with Gasteiger partial charge < -0.3 is 24.7 Å². The van der Waals surface area contributed by atoms with E-state index in [2.05, 4.69) is 32.4 Å². The minimum Gasteiger partial charge on any atom is -0.493 e. The predicted molar refractivity (Wildman–Crippen MR) is 122 cm³/mol. The quantitative estimate of drug-likeness (QED) is 0.238. The first-order valence-corrected chi connectivity index (χ1v) is 8.82. The van der Waals surface area contributed by atoms with Crippen LogP contribution in [0.4, 0.5) is 0 Å². The van der Waals surface area contributed by atoms with E-state index in [1.54, 1.807) is 13.2 Å². The zero-order valence-electron chi connectivity index (χ0n) is 16.8. The van der Waals surface area contributed by atoms with E-state index in [1.807, 2.05) is 49.7 Å². The Morgan fingerprint density at radius 2 is 2.00 bits per heavy atom. The number of aryl methyl sites for hydroxylation is 1. The SMILES string of the molecule is C=CCNC(=NCc1nnc(C)n1C)NCC(C)Oc1ccccc1OC.I. The van der Waals surface area contributed by atoms with Gasteiger partial charge in [0.05, 0.1) is 13.7 Å². The fraction of sp³-hybridized carbons (Fsp3) is 0.421. The fourth-order valence-corrected chi connectivity index (χ4v) is 2.30. The molecule has 0 saturated heterocycles. The van der Waals surface area contributed by atoms with Crippen molar-refractivity contribution < 1.29 is 9.47 Å². The number of methoxy groups -OCH3 is 1. The van der Waals surface area contributed by atoms with Crippen LogP contribution in [0.5, 0.6) is 11.5 Å². The molecule has 0 fully saturated rings. The number of nitrogens with zero attached hydrogens (tertiary/aromatic N) is 4. The molecule has 154 valence electrons. The van der Waals surface area contributed by atoms with Gasteiger partial charge >= 0.3 is 0 Å². The molecule has 1 aromatic carbocycles. The molecule has 0 spiro atoms. The van der Waals surface area contributed by atoms with E-state index >= 15 is 0 Å². The normalized spacial score (nSPS) is 11.9. The van der Waals surface area contributed by atoms with Crippen LogP contribution in [0.25, 0.3) is 0 Å². The van der Waals surface area contributed by atoms with E-state index in [4.69, 9.17) is 9.47 Å². The van der Waals surface area contributed by atoms with E-state index in [9.17, 15) is 0 Å². The highest BCUT2D eigenvalue weighted by molar-refractivity contribution is 14.0. The molecule has 0 aliphatic rings. The van der Waals surface area contributed by atoms with E-state index in [-0.39, 0.29) is 30.1 Å². The van der Waals surface area contributed by atoms with Gasteiger partial charge in [0.1, 0.15) is 18.5 Å². The number of benzene rings is 1. The standard InChI is InChI=1S/C19H28N6O2.HI/c1-6-11-20-19(22-13-18-24-23-15(3)25(18)4)21-12-14(2)27-17-10-8-7-9-16(17)26-5;/h6-10,14H,1,11-13H2,2-5H3,(H2,20,21,22);1H. The topological polar surface area (TPSA) is 85.6 Å². The number of para-hydroxylation sites is 2. The van der Waals surface area contributed by atoms with Gasteiger partial charge in [0.25, 0.3) is 0 Å². The lowest BCUT2D eigenvalue weighted by molar-refractivity contribution is 0.213. The minimum absolute atomic E-state index is 0. The summed E-state index contributed by atoms with van der Waals surface area (Å²) in [5.41, 5.74) is 0. The van der Waals surface area contributed by atoms with Crippen LogP contribution in [-0.2, 0) is 13.6 Å². The molecule has 2 aromatic rings. The Hall–Kier alpha value is -2.30. The van der Waals surface area contributed by atoms with Gasteiger partial charge in [-0.05, 0) is 26.0 Å². The van der Waals surface area contributed by atoms with Crippen molar-refractivity contribution in [2.24, 2.45) is 12.0 Å². The number of rotatable bonds is 9. The summed E-state index contributed by atoms with van der Waals surface area (Å²) in [6, 6.07) is 7.58. The summed E-state index contributed by atoms with van der Waals surface area (Å²) < 4.78 is 13.2. The maximum absolute atomic E-state index is 5.96. The molecule has 2 N–H and O–H groups in total. The van der Waals surface area contributed by atoms with Crippen LogP contribution in [0.3, 0.4) is 0 Å². The average Bonchev–Trinajstić information content (AvgIpc) is 3.00. The number of ether oxygens (including phenoxy) is 2. The first-order chi connectivity index (χ1) is 13.0. The second kappa shape index (κ2) is 12.2. The van der Waals surface area contributed by atoms with Crippen molar-refractivity contribution in [3.05, 3.63) is 48.6 Å². The van der Waals surface area contributed by atoms with Gasteiger partial charge in [-0.1, -0.05) is 18.2 Å². The molecule has 0 radical (unpaired) electrons. The van der Waals surface area contributed by atoms with Crippen molar-refractivity contribution in [2.45, 2.75) is 26.5 Å². The number of halogens is 1. The summed E-state index contributed by atoms with van der Waals surface area (Å²) in [4.78, 5) is 4.56. The monoisotopic (exact) mass is 500 g/mol. The molecule has 0 aliphatic heterocycles. The molecule has 9 heteroatoms. The second-order valence-electron chi connectivity index (χ2n) is 6.02. The van der Waals surface area contributed by atoms with Crippen molar-refractivity contribution >= 4 is 29.9 Å². The lowest BCUT2D eigenvalue weighted by Gasteiger charge is -2.19. The Morgan fingerprint density at radius 3 is 2.61 bits per heavy atom. The predicted octanol–water partition coefficient (Wildman–Crippen LogP) is 2.44. The largest absolute Gasteiger partial charge is 0.493 e. The molecule has 1 unspecified atom stereocenters. The Kier molecular flexibility index (Phi) is 10.4. The highest BCUT2D eigenvalue weighted by Gasteiger charge is 2.10. The Balaban J connectivity index is 0.00000392. The molecule has 2 rings (SSSR count). The van der Waals surface area contributed by atoms with Crippen LogP contribution in [0, 0.1) is 6.92 Å². The average molecular weight is 500 g/mol. The van der Waals surface area contributed by atoms with Gasteiger partial charge in [0.2, 0.25) is 0 Å². The number of aromatic nitrogens is 3. The van der Waals surface area contributed by atoms with Crippen molar-refractivity contribution in [1.29, 1.82) is 0 Å². The summed E-state index contributed by atoms with van der Waals surface area (Å²) >= 11 is 0. The highest BCUT2D eigenvalue weighted by Crippen LogP contribution is 2.26. The summed E-state index contributed by atoms with van der Waals surface area (Å²) in [5, 5.41) is 14.6. The number of hydrogen-bond acceptors (Lipinski definition) is 5. The summed E-state index contributed by atoms with van der Waals surface area (Å²) in [7, 11) is 3.55. The molecule has 1 heterocycles. The molecular weight excluding hydrogens is 471 g/mol. The Bertz CT molecular complexity index is 778. The third-order valence-electron chi connectivity index (χ3n) is 3.93. The molecule has 1 atom stereocenters. The van der Waals surface area contributed by atoms with Gasteiger partial charge in [-0.3, -0.25) is 0 Å². The number of hydrogen-bond donors (Lipinski definition) is 2. The molecule has 8 nitrogen and oxygen atoms in total. The maximum Gasteiger partial charge on any atom is 0.192 e. The highest BCUT2D eigenvalue weighted by atomic mass is 127. The van der Waals surface area contributed by atoms with Crippen molar-refractivity contribution in [3.8, 4) is 11.5 Å². The zero-order valence-corrected chi connectivity index (χ0v) is 19.1. The molecule has 0 amide bonds. The second-order valence-corrected chi connectivity index (χ2v) is 6.02. The summed E-state index contributed by atoms with van der Waals surface area (Å²) in [6.07, 6.45) is 1.69. The maximum atomic E-state index is 5.96. The third-order valence-corrected chi connectivity index (χ3v) is 3.93. The smallest absolute Gasteiger partial charge is 0.192 e. The van der Waals surface area contributed by atoms with Crippen molar-refractivity contribution in [2.75, 3.05) is 20.2 Å². The van der Waals surface area contributed by atoms with Crippen LogP contribution < -0.4 is 20.1 Å². The van der Waals surface area contributed by atoms with E-state index in [0.29, 0.717) is 37.1 Å². The van der Waals surface area contributed by atoms with Crippen LogP contribution in [0.15, 0.2) is 41.9 Å². The third kappa shape index (κ3) is 7.02. The van der Waals surface area contributed by atoms with Gasteiger partial charge in [-0.25, -0.2) is 4.99 Å². The van der Waals surface area contributed by atoms with E-state index in [0.717, 1.165) is 11.6 Å². The van der Waals surface area contributed by atoms with Crippen LogP contribution in [0.2, 0.25) is 0 Å². The number of guanidine groups is 1. The molecule has 1 aromatic heterocycles. The van der Waals surface area contributed by atoms with E-state index < -0.39 is 0 Å². The molecule has 0 aliphatic carbocycles. The van der Waals surface area contributed by atoms with Gasteiger partial charge in [-0.2, -0.15) is 0 Å². The molecule has 28 heavy (non-hydrogen) atoms. The first-order valence-electron chi connectivity index (χ1n) is 8.82. The van der Waals surface area contributed by atoms with Crippen LogP contribution in [-0.4, -0.2) is 47.0 Å². The fourth-order valence-electron chi connectivity index (χ4n) is 2.30. The summed E-state index contributed by atoms with van der Waals surface area (Å²) in [6.45, 7) is 9.21. The Labute approximate surface area is 183 Å². The Morgan fingerprint density at radius 1 is 1.29 bits per heavy atom. The lowest BCUT2D eigenvalue weighted by Crippen LogP contribution is -2.42. The minimum atomic E-state index is -0.0888. The zero-order chi connectivity index (χ0) is 19.6. The first kappa shape index (κ1) is 23.7. The lowest BCUT2D eigenvalue weighted by atomic mass is 10.3. The molecular formula is C19H29IN6O2.